The van der Waals surface area contributed by atoms with E-state index in [9.17, 15) is 0 Å². The number of nitrogens with zero attached hydrogens (tertiary/aromatic N) is 1. The van der Waals surface area contributed by atoms with Gasteiger partial charge in [0, 0.05) is 5.70 Å². The SMILES string of the molecule is CCCC/C=C(\C)C1=CC=C(C2=CC(C3=CC=C(C4C=CC=CN4)CC3)N(C)C(c3cc(-c4cccc5ccccc45)cc(-c4cccc5ccccc45)c3)N2)CC1. The van der Waals surface area contributed by atoms with Gasteiger partial charge in [0.1, 0.15) is 6.17 Å². The summed E-state index contributed by atoms with van der Waals surface area (Å²) >= 11 is 0. The second-order valence-corrected chi connectivity index (χ2v) is 16.4. The molecule has 4 aliphatic rings. The smallest absolute Gasteiger partial charge is 0.106 e. The van der Waals surface area contributed by atoms with Crippen molar-refractivity contribution in [1.82, 2.24) is 15.5 Å². The van der Waals surface area contributed by atoms with Crippen LogP contribution in [-0.4, -0.2) is 24.0 Å². The maximum absolute atomic E-state index is 4.14. The molecule has 9 rings (SSSR count). The molecule has 0 saturated carbocycles. The molecule has 2 N–H and O–H groups in total. The summed E-state index contributed by atoms with van der Waals surface area (Å²) in [7, 11) is 2.31. The maximum Gasteiger partial charge on any atom is 0.106 e. The molecule has 3 atom stereocenters. The van der Waals surface area contributed by atoms with E-state index in [1.54, 1.807) is 0 Å². The number of hydrogen-bond acceptors (Lipinski definition) is 3. The number of allylic oxidation sites excluding steroid dienone is 10. The monoisotopic (exact) mass is 757 g/mol. The highest BCUT2D eigenvalue weighted by Crippen LogP contribution is 2.41. The molecule has 2 aliphatic carbocycles. The van der Waals surface area contributed by atoms with Gasteiger partial charge in [-0.3, -0.25) is 4.90 Å². The Balaban J connectivity index is 1.16. The van der Waals surface area contributed by atoms with E-state index in [2.05, 4.69) is 200 Å². The van der Waals surface area contributed by atoms with Gasteiger partial charge in [0.15, 0.2) is 0 Å². The second-order valence-electron chi connectivity index (χ2n) is 16.4. The Morgan fingerprint density at radius 1 is 0.724 bits per heavy atom. The van der Waals surface area contributed by atoms with E-state index in [0.717, 1.165) is 32.1 Å². The highest BCUT2D eigenvalue weighted by atomic mass is 15.3. The number of dihydropyridines is 1. The number of nitrogens with one attached hydrogen (secondary N) is 2. The Morgan fingerprint density at radius 3 is 2.02 bits per heavy atom. The molecule has 3 heteroatoms. The first-order chi connectivity index (χ1) is 28.5. The zero-order valence-electron chi connectivity index (χ0n) is 34.2. The van der Waals surface area contributed by atoms with E-state index in [4.69, 9.17) is 0 Å². The molecule has 0 bridgehead atoms. The average molecular weight is 758 g/mol. The van der Waals surface area contributed by atoms with Crippen molar-refractivity contribution in [2.45, 2.75) is 77.0 Å². The van der Waals surface area contributed by atoms with Gasteiger partial charge in [0.05, 0.1) is 12.1 Å². The van der Waals surface area contributed by atoms with Crippen molar-refractivity contribution in [3.05, 3.63) is 203 Å². The number of rotatable bonds is 10. The fraction of sp³-hybridized carbons (Fsp3) is 0.236. The molecule has 58 heavy (non-hydrogen) atoms. The molecule has 5 aromatic rings. The Hall–Kier alpha value is -5.90. The lowest BCUT2D eigenvalue weighted by Gasteiger charge is -2.42. The zero-order chi connectivity index (χ0) is 39.4. The van der Waals surface area contributed by atoms with Gasteiger partial charge in [0.2, 0.25) is 0 Å². The van der Waals surface area contributed by atoms with E-state index in [1.165, 1.54) is 95.8 Å². The number of fused-ring (bicyclic) bond motifs is 2. The van der Waals surface area contributed by atoms with Crippen molar-refractivity contribution < 1.29 is 0 Å². The molecule has 2 heterocycles. The van der Waals surface area contributed by atoms with E-state index in [0.29, 0.717) is 0 Å². The maximum atomic E-state index is 4.14. The van der Waals surface area contributed by atoms with Gasteiger partial charge in [0.25, 0.3) is 0 Å². The average Bonchev–Trinajstić information content (AvgIpc) is 3.29. The minimum Gasteiger partial charge on any atom is -0.381 e. The summed E-state index contributed by atoms with van der Waals surface area (Å²) in [6.45, 7) is 4.56. The Morgan fingerprint density at radius 2 is 1.40 bits per heavy atom. The summed E-state index contributed by atoms with van der Waals surface area (Å²) in [5.74, 6) is 0. The molecule has 0 radical (unpaired) electrons. The number of hydrogen-bond donors (Lipinski definition) is 2. The second kappa shape index (κ2) is 16.9. The first-order valence-electron chi connectivity index (χ1n) is 21.4. The van der Waals surface area contributed by atoms with Gasteiger partial charge in [-0.1, -0.05) is 153 Å². The normalized spacial score (nSPS) is 21.1. The zero-order valence-corrected chi connectivity index (χ0v) is 34.2. The number of benzene rings is 5. The molecule has 0 aromatic heterocycles. The van der Waals surface area contributed by atoms with Gasteiger partial charge in [-0.2, -0.15) is 0 Å². The lowest BCUT2D eigenvalue weighted by Crippen LogP contribution is -2.47. The minimum absolute atomic E-state index is 0.0463. The topological polar surface area (TPSA) is 27.3 Å². The van der Waals surface area contributed by atoms with Crippen molar-refractivity contribution in [1.29, 1.82) is 0 Å². The number of unbranched alkanes of at least 4 members (excludes halogenated alkanes) is 2. The predicted molar refractivity (Wildman–Crippen MR) is 247 cm³/mol. The minimum atomic E-state index is -0.0463. The summed E-state index contributed by atoms with van der Waals surface area (Å²) in [5, 5.41) is 12.7. The number of likely N-dealkylation sites (N-methyl/N-ethyl adjacent to an activating group) is 1. The van der Waals surface area contributed by atoms with Crippen LogP contribution in [0.25, 0.3) is 43.8 Å². The van der Waals surface area contributed by atoms with Crippen molar-refractivity contribution >= 4 is 21.5 Å². The van der Waals surface area contributed by atoms with Crippen LogP contribution in [0.15, 0.2) is 198 Å². The van der Waals surface area contributed by atoms with Crippen LogP contribution in [0, 0.1) is 0 Å². The van der Waals surface area contributed by atoms with Crippen LogP contribution in [0.2, 0.25) is 0 Å². The fourth-order valence-electron chi connectivity index (χ4n) is 9.39. The van der Waals surface area contributed by atoms with Crippen molar-refractivity contribution in [2.24, 2.45) is 0 Å². The third kappa shape index (κ3) is 7.72. The van der Waals surface area contributed by atoms with E-state index in [-0.39, 0.29) is 18.2 Å². The van der Waals surface area contributed by atoms with Crippen LogP contribution in [-0.2, 0) is 0 Å². The molecule has 3 unspecified atom stereocenters. The predicted octanol–water partition coefficient (Wildman–Crippen LogP) is 13.6. The van der Waals surface area contributed by atoms with Gasteiger partial charge in [-0.25, -0.2) is 0 Å². The first-order valence-corrected chi connectivity index (χ1v) is 21.4. The van der Waals surface area contributed by atoms with Crippen LogP contribution < -0.4 is 10.6 Å². The van der Waals surface area contributed by atoms with Gasteiger partial charge < -0.3 is 10.6 Å². The summed E-state index contributed by atoms with van der Waals surface area (Å²) in [5.41, 5.74) is 14.7. The molecule has 0 fully saturated rings. The van der Waals surface area contributed by atoms with Crippen molar-refractivity contribution in [2.75, 3.05) is 7.05 Å². The van der Waals surface area contributed by atoms with Gasteiger partial charge in [-0.05, 0) is 154 Å². The van der Waals surface area contributed by atoms with Gasteiger partial charge >= 0.3 is 0 Å². The largest absolute Gasteiger partial charge is 0.381 e. The molecule has 0 saturated heterocycles. The third-order valence-corrected chi connectivity index (χ3v) is 12.7. The molecule has 2 aliphatic heterocycles. The molecule has 0 amide bonds. The van der Waals surface area contributed by atoms with Crippen molar-refractivity contribution in [3.8, 4) is 22.3 Å². The van der Waals surface area contributed by atoms with Gasteiger partial charge in [-0.15, -0.1) is 0 Å². The lowest BCUT2D eigenvalue weighted by molar-refractivity contribution is 0.181. The summed E-state index contributed by atoms with van der Waals surface area (Å²) < 4.78 is 0. The van der Waals surface area contributed by atoms with Crippen LogP contribution in [0.1, 0.15) is 70.5 Å². The summed E-state index contributed by atoms with van der Waals surface area (Å²) in [6, 6.07) is 38.7. The Kier molecular flexibility index (Phi) is 11.0. The lowest BCUT2D eigenvalue weighted by atomic mass is 9.85. The molecular formula is C55H55N3. The van der Waals surface area contributed by atoms with Crippen LogP contribution >= 0.6 is 0 Å². The van der Waals surface area contributed by atoms with Crippen LogP contribution in [0.3, 0.4) is 0 Å². The molecule has 0 spiro atoms. The highest BCUT2D eigenvalue weighted by molar-refractivity contribution is 6.00. The molecule has 290 valence electrons. The quantitative estimate of drug-likeness (QED) is 0.139. The van der Waals surface area contributed by atoms with Crippen molar-refractivity contribution in [3.63, 3.8) is 0 Å². The third-order valence-electron chi connectivity index (χ3n) is 12.7. The first kappa shape index (κ1) is 37.7. The van der Waals surface area contributed by atoms with Crippen LogP contribution in [0.4, 0.5) is 0 Å². The molecule has 3 nitrogen and oxygen atoms in total. The van der Waals surface area contributed by atoms with E-state index < -0.39 is 0 Å². The van der Waals surface area contributed by atoms with Crippen LogP contribution in [0.5, 0.6) is 0 Å². The highest BCUT2D eigenvalue weighted by Gasteiger charge is 2.33. The fourth-order valence-corrected chi connectivity index (χ4v) is 9.39. The molecular weight excluding hydrogens is 703 g/mol. The summed E-state index contributed by atoms with van der Waals surface area (Å²) in [6.07, 6.45) is 30.8. The van der Waals surface area contributed by atoms with E-state index >= 15 is 0 Å². The Bertz CT molecular complexity index is 2500. The molecule has 5 aromatic carbocycles. The summed E-state index contributed by atoms with van der Waals surface area (Å²) in [4.78, 5) is 2.57. The Labute approximate surface area is 345 Å². The standard InChI is InChI=1S/C55H55N3/c1-4-5-6-15-38(2)39-25-27-43(28-26-39)53-37-54(44-31-29-42(30-32-44)52-24-11-12-33-56-52)58(3)55(57-53)47-35-45(50-22-13-18-40-16-7-9-20-48(40)50)34-46(36-47)51-23-14-19-41-17-8-10-21-49(41)51/h7-25,27,29,31,33-37,52,54-57H,4-6,26,28,30,32H2,1-3H3/b38-15+. The van der Waals surface area contributed by atoms with E-state index in [1.807, 2.05) is 0 Å².